The molecule has 7 heteroatoms. The molecule has 24 heavy (non-hydrogen) atoms. The molecule has 2 N–H and O–H groups in total. The zero-order chi connectivity index (χ0) is 16.9. The van der Waals surface area contributed by atoms with E-state index >= 15 is 0 Å². The van der Waals surface area contributed by atoms with Crippen LogP contribution in [0.15, 0.2) is 42.0 Å². The Morgan fingerprint density at radius 2 is 2.08 bits per heavy atom. The number of hydrogen-bond acceptors (Lipinski definition) is 4. The van der Waals surface area contributed by atoms with E-state index in [1.54, 1.807) is 22.2 Å². The van der Waals surface area contributed by atoms with Gasteiger partial charge in [-0.25, -0.2) is 9.78 Å². The molecule has 2 amide bonds. The number of nitrogens with one attached hydrogen (secondary N) is 2. The molecule has 2 heterocycles. The summed E-state index contributed by atoms with van der Waals surface area (Å²) in [5, 5.41) is 12.8. The van der Waals surface area contributed by atoms with E-state index in [1.807, 2.05) is 49.8 Å². The minimum Gasteiger partial charge on any atom is -0.338 e. The molecule has 0 aliphatic heterocycles. The monoisotopic (exact) mass is 341 g/mol. The highest BCUT2D eigenvalue weighted by atomic mass is 32.1. The largest absolute Gasteiger partial charge is 0.338 e. The van der Waals surface area contributed by atoms with Crippen molar-refractivity contribution in [3.05, 3.63) is 53.3 Å². The molecule has 0 atom stereocenters. The van der Waals surface area contributed by atoms with Gasteiger partial charge in [0.05, 0.1) is 6.20 Å². The van der Waals surface area contributed by atoms with Crippen LogP contribution in [0.25, 0.3) is 10.6 Å². The van der Waals surface area contributed by atoms with Gasteiger partial charge in [-0.1, -0.05) is 0 Å². The minimum absolute atomic E-state index is 0.211. The molecule has 0 aliphatic carbocycles. The van der Waals surface area contributed by atoms with E-state index < -0.39 is 0 Å². The van der Waals surface area contributed by atoms with Crippen molar-refractivity contribution in [2.75, 3.05) is 11.9 Å². The van der Waals surface area contributed by atoms with Crippen LogP contribution in [0.1, 0.15) is 11.3 Å². The van der Waals surface area contributed by atoms with Crippen LogP contribution in [0.3, 0.4) is 0 Å². The fourth-order valence-corrected chi connectivity index (χ4v) is 3.08. The second kappa shape index (κ2) is 7.27. The van der Waals surface area contributed by atoms with Gasteiger partial charge in [0.25, 0.3) is 0 Å². The lowest BCUT2D eigenvalue weighted by Crippen LogP contribution is -2.30. The normalized spacial score (nSPS) is 10.6. The highest BCUT2D eigenvalue weighted by Gasteiger charge is 2.05. The standard InChI is InChI=1S/C17H19N5OS/c1-12-11-24-16(20-12)14-3-5-15(6-4-14)21-17(23)18-8-7-13-9-19-22(2)10-13/h3-6,9-11H,7-8H2,1-2H3,(H2,18,21,23). The van der Waals surface area contributed by atoms with Crippen molar-refractivity contribution in [1.29, 1.82) is 0 Å². The first kappa shape index (κ1) is 16.2. The maximum Gasteiger partial charge on any atom is 0.319 e. The molecule has 0 saturated heterocycles. The van der Waals surface area contributed by atoms with Gasteiger partial charge in [0.1, 0.15) is 5.01 Å². The summed E-state index contributed by atoms with van der Waals surface area (Å²) in [6, 6.07) is 7.48. The van der Waals surface area contributed by atoms with E-state index in [0.717, 1.165) is 33.9 Å². The van der Waals surface area contributed by atoms with Gasteiger partial charge in [-0.3, -0.25) is 4.68 Å². The topological polar surface area (TPSA) is 71.8 Å². The smallest absolute Gasteiger partial charge is 0.319 e. The van der Waals surface area contributed by atoms with Crippen LogP contribution in [-0.2, 0) is 13.5 Å². The number of hydrogen-bond donors (Lipinski definition) is 2. The van der Waals surface area contributed by atoms with Crippen LogP contribution in [0.4, 0.5) is 10.5 Å². The van der Waals surface area contributed by atoms with Gasteiger partial charge >= 0.3 is 6.03 Å². The second-order valence-electron chi connectivity index (χ2n) is 5.52. The van der Waals surface area contributed by atoms with E-state index in [0.29, 0.717) is 6.54 Å². The molecule has 2 aromatic heterocycles. The SMILES string of the molecule is Cc1csc(-c2ccc(NC(=O)NCCc3cnn(C)c3)cc2)n1. The fraction of sp³-hybridized carbons (Fsp3) is 0.235. The molecule has 3 rings (SSSR count). The Morgan fingerprint density at radius 1 is 1.29 bits per heavy atom. The fourth-order valence-electron chi connectivity index (χ4n) is 2.28. The third kappa shape index (κ3) is 4.20. The Kier molecular flexibility index (Phi) is 4.90. The Morgan fingerprint density at radius 3 is 2.71 bits per heavy atom. The number of nitrogens with zero attached hydrogens (tertiary/aromatic N) is 3. The molecule has 0 radical (unpaired) electrons. The second-order valence-corrected chi connectivity index (χ2v) is 6.38. The quantitative estimate of drug-likeness (QED) is 0.748. The summed E-state index contributed by atoms with van der Waals surface area (Å²) < 4.78 is 1.75. The molecule has 6 nitrogen and oxygen atoms in total. The first-order valence-corrected chi connectivity index (χ1v) is 8.53. The molecule has 3 aromatic rings. The highest BCUT2D eigenvalue weighted by molar-refractivity contribution is 7.13. The number of anilines is 1. The highest BCUT2D eigenvalue weighted by Crippen LogP contribution is 2.24. The van der Waals surface area contributed by atoms with Crippen LogP contribution >= 0.6 is 11.3 Å². The van der Waals surface area contributed by atoms with Crippen LogP contribution in [0, 0.1) is 6.92 Å². The molecule has 124 valence electrons. The molecule has 0 bridgehead atoms. The first-order valence-electron chi connectivity index (χ1n) is 7.65. The lowest BCUT2D eigenvalue weighted by Gasteiger charge is -2.07. The molecular formula is C17H19N5OS. The molecule has 1 aromatic carbocycles. The number of carbonyl (C=O) groups excluding carboxylic acids is 1. The van der Waals surface area contributed by atoms with Crippen LogP contribution in [0.5, 0.6) is 0 Å². The van der Waals surface area contributed by atoms with E-state index in [4.69, 9.17) is 0 Å². The summed E-state index contributed by atoms with van der Waals surface area (Å²) in [5.41, 5.74) is 3.92. The van der Waals surface area contributed by atoms with Crippen LogP contribution < -0.4 is 10.6 Å². The van der Waals surface area contributed by atoms with Gasteiger partial charge in [-0.05, 0) is 43.2 Å². The van der Waals surface area contributed by atoms with Crippen LogP contribution in [-0.4, -0.2) is 27.3 Å². The Labute approximate surface area is 144 Å². The van der Waals surface area contributed by atoms with E-state index in [1.165, 1.54) is 0 Å². The lowest BCUT2D eigenvalue weighted by molar-refractivity contribution is 0.252. The minimum atomic E-state index is -0.211. The average Bonchev–Trinajstić information content (AvgIpc) is 3.17. The van der Waals surface area contributed by atoms with Crippen molar-refractivity contribution >= 4 is 23.1 Å². The summed E-state index contributed by atoms with van der Waals surface area (Å²) in [6.07, 6.45) is 4.50. The first-order chi connectivity index (χ1) is 11.6. The Bertz CT molecular complexity index is 822. The van der Waals surface area contributed by atoms with E-state index in [2.05, 4.69) is 20.7 Å². The maximum atomic E-state index is 11.9. The van der Waals surface area contributed by atoms with Crippen molar-refractivity contribution in [1.82, 2.24) is 20.1 Å². The number of urea groups is 1. The van der Waals surface area contributed by atoms with Crippen molar-refractivity contribution < 1.29 is 4.79 Å². The molecule has 0 saturated carbocycles. The van der Waals surface area contributed by atoms with Gasteiger partial charge in [-0.2, -0.15) is 5.10 Å². The Balaban J connectivity index is 1.49. The average molecular weight is 341 g/mol. The lowest BCUT2D eigenvalue weighted by atomic mass is 10.2. The number of benzene rings is 1. The third-order valence-electron chi connectivity index (χ3n) is 3.47. The van der Waals surface area contributed by atoms with E-state index in [-0.39, 0.29) is 6.03 Å². The zero-order valence-electron chi connectivity index (χ0n) is 13.6. The van der Waals surface area contributed by atoms with Crippen molar-refractivity contribution in [3.8, 4) is 10.6 Å². The number of amides is 2. The molecule has 0 fully saturated rings. The van der Waals surface area contributed by atoms with Gasteiger partial charge in [0, 0.05) is 42.1 Å². The number of aryl methyl sites for hydroxylation is 2. The number of thiazole rings is 1. The van der Waals surface area contributed by atoms with Crippen molar-refractivity contribution in [3.63, 3.8) is 0 Å². The third-order valence-corrected chi connectivity index (χ3v) is 4.48. The predicted molar refractivity (Wildman–Crippen MR) is 96.2 cm³/mol. The molecule has 0 unspecified atom stereocenters. The van der Waals surface area contributed by atoms with Crippen molar-refractivity contribution in [2.24, 2.45) is 7.05 Å². The van der Waals surface area contributed by atoms with E-state index in [9.17, 15) is 4.79 Å². The zero-order valence-corrected chi connectivity index (χ0v) is 14.4. The van der Waals surface area contributed by atoms with Gasteiger partial charge in [-0.15, -0.1) is 11.3 Å². The Hall–Kier alpha value is -2.67. The predicted octanol–water partition coefficient (Wildman–Crippen LogP) is 3.22. The molecule has 0 aliphatic rings. The summed E-state index contributed by atoms with van der Waals surface area (Å²) in [4.78, 5) is 16.4. The van der Waals surface area contributed by atoms with Gasteiger partial charge < -0.3 is 10.6 Å². The summed E-state index contributed by atoms with van der Waals surface area (Å²) in [6.45, 7) is 2.54. The number of rotatable bonds is 5. The number of aromatic nitrogens is 3. The summed E-state index contributed by atoms with van der Waals surface area (Å²) in [5.74, 6) is 0. The van der Waals surface area contributed by atoms with Gasteiger partial charge in [0.2, 0.25) is 0 Å². The summed E-state index contributed by atoms with van der Waals surface area (Å²) >= 11 is 1.62. The van der Waals surface area contributed by atoms with Gasteiger partial charge in [0.15, 0.2) is 0 Å². The molecular weight excluding hydrogens is 322 g/mol. The summed E-state index contributed by atoms with van der Waals surface area (Å²) in [7, 11) is 1.88. The molecule has 0 spiro atoms. The van der Waals surface area contributed by atoms with Crippen LogP contribution in [0.2, 0.25) is 0 Å². The number of carbonyl (C=O) groups is 1. The maximum absolute atomic E-state index is 11.9. The van der Waals surface area contributed by atoms with Crippen molar-refractivity contribution in [2.45, 2.75) is 13.3 Å².